The van der Waals surface area contributed by atoms with Crippen molar-refractivity contribution in [1.29, 1.82) is 0 Å². The first-order valence-electron chi connectivity index (χ1n) is 11.1. The van der Waals surface area contributed by atoms with Gasteiger partial charge in [0.25, 0.3) is 0 Å². The maximum Gasteiger partial charge on any atom is 0.329 e. The zero-order valence-corrected chi connectivity index (χ0v) is 18.6. The van der Waals surface area contributed by atoms with Crippen molar-refractivity contribution in [3.05, 3.63) is 0 Å². The van der Waals surface area contributed by atoms with Crippen molar-refractivity contribution in [1.82, 2.24) is 0 Å². The number of ether oxygens (including phenoxy) is 4. The van der Waals surface area contributed by atoms with E-state index in [0.29, 0.717) is 51.0 Å². The Balaban J connectivity index is 3.89. The highest BCUT2D eigenvalue weighted by Crippen LogP contribution is 2.25. The van der Waals surface area contributed by atoms with Crippen LogP contribution in [0.2, 0.25) is 0 Å². The van der Waals surface area contributed by atoms with E-state index in [-0.39, 0.29) is 13.2 Å². The van der Waals surface area contributed by atoms with Gasteiger partial charge in [0.05, 0.1) is 45.7 Å². The number of unbranched alkanes of at least 4 members (excludes halogenated alkanes) is 3. The molecule has 0 aliphatic heterocycles. The second-order valence-electron chi connectivity index (χ2n) is 7.60. The van der Waals surface area contributed by atoms with Gasteiger partial charge < -0.3 is 24.1 Å². The molecule has 0 aromatic heterocycles. The molecule has 0 aromatic carbocycles. The van der Waals surface area contributed by atoms with Crippen LogP contribution in [0.5, 0.6) is 0 Å². The maximum atomic E-state index is 10.3. The lowest BCUT2D eigenvalue weighted by molar-refractivity contribution is -0.142. The molecule has 6 heteroatoms. The third kappa shape index (κ3) is 16.3. The van der Waals surface area contributed by atoms with E-state index < -0.39 is 5.97 Å². The van der Waals surface area contributed by atoms with Crippen molar-refractivity contribution in [3.8, 4) is 0 Å². The first-order valence-corrected chi connectivity index (χ1v) is 11.1. The largest absolute Gasteiger partial charge is 0.480 e. The SMILES string of the molecule is CCCCCC(C)C(OCCOCCOCCOCC(=O)O)C(C)CCCC. The molecule has 0 amide bonds. The molecule has 0 rings (SSSR count). The predicted octanol–water partition coefficient (Wildman–Crippen LogP) is 4.55. The summed E-state index contributed by atoms with van der Waals surface area (Å²) in [7, 11) is 0. The summed E-state index contributed by atoms with van der Waals surface area (Å²) in [6, 6.07) is 0. The summed E-state index contributed by atoms with van der Waals surface area (Å²) in [6.45, 7) is 11.6. The summed E-state index contributed by atoms with van der Waals surface area (Å²) in [5.41, 5.74) is 0. The monoisotopic (exact) mass is 404 g/mol. The van der Waals surface area contributed by atoms with Gasteiger partial charge in [0.1, 0.15) is 6.61 Å². The highest BCUT2D eigenvalue weighted by atomic mass is 16.6. The summed E-state index contributed by atoms with van der Waals surface area (Å²) in [5, 5.41) is 8.44. The van der Waals surface area contributed by atoms with Gasteiger partial charge in [0.2, 0.25) is 0 Å². The molecule has 0 spiro atoms. The average Bonchev–Trinajstić information content (AvgIpc) is 2.66. The summed E-state index contributed by atoms with van der Waals surface area (Å²) in [6.07, 6.45) is 9.07. The van der Waals surface area contributed by atoms with Crippen LogP contribution in [0, 0.1) is 11.8 Å². The van der Waals surface area contributed by atoms with Crippen LogP contribution in [0.1, 0.15) is 72.6 Å². The van der Waals surface area contributed by atoms with E-state index in [4.69, 9.17) is 24.1 Å². The zero-order valence-electron chi connectivity index (χ0n) is 18.6. The van der Waals surface area contributed by atoms with E-state index in [1.54, 1.807) is 0 Å². The Hall–Kier alpha value is -0.690. The first kappa shape index (κ1) is 27.3. The second-order valence-corrected chi connectivity index (χ2v) is 7.60. The van der Waals surface area contributed by atoms with Gasteiger partial charge in [0, 0.05) is 0 Å². The van der Waals surface area contributed by atoms with Crippen LogP contribution in [0.3, 0.4) is 0 Å². The van der Waals surface area contributed by atoms with Crippen molar-refractivity contribution in [2.24, 2.45) is 11.8 Å². The second kappa shape index (κ2) is 19.6. The van der Waals surface area contributed by atoms with Gasteiger partial charge in [0.15, 0.2) is 0 Å². The van der Waals surface area contributed by atoms with Crippen molar-refractivity contribution in [3.63, 3.8) is 0 Å². The summed E-state index contributed by atoms with van der Waals surface area (Å²) in [4.78, 5) is 10.3. The molecule has 28 heavy (non-hydrogen) atoms. The predicted molar refractivity (Wildman–Crippen MR) is 112 cm³/mol. The molecule has 0 fully saturated rings. The molecule has 0 bridgehead atoms. The lowest BCUT2D eigenvalue weighted by Gasteiger charge is -2.30. The maximum absolute atomic E-state index is 10.3. The Morgan fingerprint density at radius 1 is 0.750 bits per heavy atom. The topological polar surface area (TPSA) is 74.2 Å². The third-order valence-electron chi connectivity index (χ3n) is 4.91. The molecule has 0 aromatic rings. The highest BCUT2D eigenvalue weighted by Gasteiger charge is 2.23. The summed E-state index contributed by atoms with van der Waals surface area (Å²) >= 11 is 0. The Morgan fingerprint density at radius 2 is 1.25 bits per heavy atom. The quantitative estimate of drug-likeness (QED) is 0.283. The molecule has 3 atom stereocenters. The number of hydrogen-bond donors (Lipinski definition) is 1. The van der Waals surface area contributed by atoms with Gasteiger partial charge in [-0.2, -0.15) is 0 Å². The molecule has 0 aliphatic rings. The van der Waals surface area contributed by atoms with E-state index in [1.165, 1.54) is 44.9 Å². The van der Waals surface area contributed by atoms with E-state index in [1.807, 2.05) is 0 Å². The average molecular weight is 405 g/mol. The fourth-order valence-electron chi connectivity index (χ4n) is 3.30. The lowest BCUT2D eigenvalue weighted by atomic mass is 9.86. The minimum atomic E-state index is -0.967. The third-order valence-corrected chi connectivity index (χ3v) is 4.91. The summed E-state index contributed by atoms with van der Waals surface area (Å²) in [5.74, 6) is 0.184. The normalized spacial score (nSPS) is 14.7. The van der Waals surface area contributed by atoms with Crippen molar-refractivity contribution < 1.29 is 28.8 Å². The van der Waals surface area contributed by atoms with Crippen LogP contribution in [0.4, 0.5) is 0 Å². The van der Waals surface area contributed by atoms with Crippen molar-refractivity contribution in [2.75, 3.05) is 46.2 Å². The number of hydrogen-bond acceptors (Lipinski definition) is 5. The molecule has 0 radical (unpaired) electrons. The molecule has 168 valence electrons. The minimum Gasteiger partial charge on any atom is -0.480 e. The van der Waals surface area contributed by atoms with Crippen LogP contribution in [0.25, 0.3) is 0 Å². The van der Waals surface area contributed by atoms with Gasteiger partial charge in [-0.3, -0.25) is 0 Å². The number of carboxylic acid groups (broad SMARTS) is 1. The molecule has 0 saturated carbocycles. The number of carbonyl (C=O) groups is 1. The Kier molecular flexibility index (Phi) is 19.1. The smallest absolute Gasteiger partial charge is 0.329 e. The number of aliphatic carboxylic acids is 1. The van der Waals surface area contributed by atoms with E-state index in [0.717, 1.165) is 0 Å². The van der Waals surface area contributed by atoms with Crippen molar-refractivity contribution >= 4 is 5.97 Å². The molecule has 0 heterocycles. The van der Waals surface area contributed by atoms with Gasteiger partial charge in [-0.05, 0) is 24.7 Å². The van der Waals surface area contributed by atoms with Crippen LogP contribution in [-0.4, -0.2) is 63.4 Å². The molecular weight excluding hydrogens is 360 g/mol. The van der Waals surface area contributed by atoms with Gasteiger partial charge in [-0.15, -0.1) is 0 Å². The highest BCUT2D eigenvalue weighted by molar-refractivity contribution is 5.67. The van der Waals surface area contributed by atoms with E-state index in [9.17, 15) is 4.79 Å². The molecule has 3 unspecified atom stereocenters. The minimum absolute atomic E-state index is 0.280. The molecular formula is C22H44O6. The standard InChI is InChI=1S/C22H44O6/c1-5-7-9-11-20(4)22(19(3)10-8-6-2)28-17-16-26-13-12-25-14-15-27-18-21(23)24/h19-20,22H,5-18H2,1-4H3,(H,23,24). The lowest BCUT2D eigenvalue weighted by Crippen LogP contribution is -2.30. The fraction of sp³-hybridized carbons (Fsp3) is 0.955. The van der Waals surface area contributed by atoms with Crippen LogP contribution in [0.15, 0.2) is 0 Å². The molecule has 0 aliphatic carbocycles. The van der Waals surface area contributed by atoms with Crippen LogP contribution >= 0.6 is 0 Å². The van der Waals surface area contributed by atoms with E-state index >= 15 is 0 Å². The summed E-state index contributed by atoms with van der Waals surface area (Å²) < 4.78 is 22.0. The Labute approximate surface area is 172 Å². The Morgan fingerprint density at radius 3 is 1.79 bits per heavy atom. The first-order chi connectivity index (χ1) is 13.5. The van der Waals surface area contributed by atoms with E-state index in [2.05, 4.69) is 27.7 Å². The van der Waals surface area contributed by atoms with Gasteiger partial charge >= 0.3 is 5.97 Å². The number of carboxylic acids is 1. The van der Waals surface area contributed by atoms with Crippen LogP contribution in [-0.2, 0) is 23.7 Å². The number of rotatable bonds is 21. The van der Waals surface area contributed by atoms with Crippen LogP contribution < -0.4 is 0 Å². The zero-order chi connectivity index (χ0) is 21.0. The fourth-order valence-corrected chi connectivity index (χ4v) is 3.30. The van der Waals surface area contributed by atoms with Crippen molar-refractivity contribution in [2.45, 2.75) is 78.7 Å². The van der Waals surface area contributed by atoms with Gasteiger partial charge in [-0.25, -0.2) is 4.79 Å². The Bertz CT molecular complexity index is 350. The van der Waals surface area contributed by atoms with Gasteiger partial charge in [-0.1, -0.05) is 59.8 Å². The molecule has 6 nitrogen and oxygen atoms in total. The molecule has 0 saturated heterocycles. The molecule has 1 N–H and O–H groups in total.